The molecule has 1 unspecified atom stereocenters. The average molecular weight is 278 g/mol. The first kappa shape index (κ1) is 15.5. The normalized spacial score (nSPS) is 19.9. The smallest absolute Gasteiger partial charge is 0.0625 e. The Bertz CT molecular complexity index is 399. The molecule has 4 nitrogen and oxygen atoms in total. The van der Waals surface area contributed by atoms with E-state index in [1.54, 1.807) is 0 Å². The molecular weight excluding hydrogens is 248 g/mol. The molecule has 114 valence electrons. The van der Waals surface area contributed by atoms with Gasteiger partial charge in [-0.05, 0) is 51.8 Å². The van der Waals surface area contributed by atoms with Crippen LogP contribution in [0.4, 0.5) is 0 Å². The fourth-order valence-electron chi connectivity index (χ4n) is 3.08. The van der Waals surface area contributed by atoms with Crippen LogP contribution in [0, 0.1) is 0 Å². The second kappa shape index (κ2) is 7.79. The molecule has 1 aliphatic rings. The van der Waals surface area contributed by atoms with Crippen molar-refractivity contribution in [3.8, 4) is 0 Å². The van der Waals surface area contributed by atoms with Crippen molar-refractivity contribution in [3.05, 3.63) is 17.5 Å². The second-order valence-corrected chi connectivity index (χ2v) is 5.77. The fraction of sp³-hybridized carbons (Fsp3) is 0.812. The average Bonchev–Trinajstić information content (AvgIpc) is 3.06. The maximum atomic E-state index is 4.66. The highest BCUT2D eigenvalue weighted by atomic mass is 15.3. The molecule has 1 saturated heterocycles. The van der Waals surface area contributed by atoms with E-state index in [2.05, 4.69) is 46.8 Å². The Balaban J connectivity index is 1.95. The molecule has 2 heterocycles. The molecule has 0 spiro atoms. The number of hydrogen-bond donors (Lipinski definition) is 1. The lowest BCUT2D eigenvalue weighted by Crippen LogP contribution is -2.38. The van der Waals surface area contributed by atoms with Gasteiger partial charge in [0, 0.05) is 25.7 Å². The van der Waals surface area contributed by atoms with Crippen LogP contribution in [-0.4, -0.2) is 40.4 Å². The van der Waals surface area contributed by atoms with Crippen molar-refractivity contribution in [1.29, 1.82) is 0 Å². The minimum Gasteiger partial charge on any atom is -0.315 e. The van der Waals surface area contributed by atoms with Crippen molar-refractivity contribution in [3.63, 3.8) is 0 Å². The first-order chi connectivity index (χ1) is 9.78. The Morgan fingerprint density at radius 1 is 1.35 bits per heavy atom. The predicted octanol–water partition coefficient (Wildman–Crippen LogP) is 2.43. The lowest BCUT2D eigenvalue weighted by Gasteiger charge is -2.24. The lowest BCUT2D eigenvalue weighted by atomic mass is 10.2. The maximum absolute atomic E-state index is 4.66. The molecule has 1 atom stereocenters. The van der Waals surface area contributed by atoms with Gasteiger partial charge in [0.15, 0.2) is 0 Å². The molecule has 0 radical (unpaired) electrons. The van der Waals surface area contributed by atoms with Gasteiger partial charge >= 0.3 is 0 Å². The van der Waals surface area contributed by atoms with Crippen molar-refractivity contribution in [2.75, 3.05) is 19.6 Å². The highest BCUT2D eigenvalue weighted by Gasteiger charge is 2.25. The Labute approximate surface area is 123 Å². The zero-order valence-electron chi connectivity index (χ0n) is 13.4. The standard InChI is InChI=1S/C16H30N4/c1-4-9-17-12-15-8-7-10-19(15)13-16-11-14(5-2)18-20(16)6-3/h11,15,17H,4-10,12-13H2,1-3H3. The van der Waals surface area contributed by atoms with Crippen molar-refractivity contribution in [2.24, 2.45) is 0 Å². The summed E-state index contributed by atoms with van der Waals surface area (Å²) in [7, 11) is 0. The highest BCUT2D eigenvalue weighted by Crippen LogP contribution is 2.20. The van der Waals surface area contributed by atoms with Crippen molar-refractivity contribution < 1.29 is 0 Å². The third-order valence-corrected chi connectivity index (χ3v) is 4.25. The number of likely N-dealkylation sites (tertiary alicyclic amines) is 1. The predicted molar refractivity (Wildman–Crippen MR) is 83.9 cm³/mol. The van der Waals surface area contributed by atoms with Gasteiger partial charge in [0.2, 0.25) is 0 Å². The number of nitrogens with one attached hydrogen (secondary N) is 1. The Morgan fingerprint density at radius 2 is 2.20 bits per heavy atom. The fourth-order valence-corrected chi connectivity index (χ4v) is 3.08. The van der Waals surface area contributed by atoms with Crippen LogP contribution < -0.4 is 5.32 Å². The number of aromatic nitrogens is 2. The van der Waals surface area contributed by atoms with E-state index >= 15 is 0 Å². The van der Waals surface area contributed by atoms with E-state index in [4.69, 9.17) is 0 Å². The zero-order chi connectivity index (χ0) is 14.4. The molecule has 0 amide bonds. The molecular formula is C16H30N4. The Hall–Kier alpha value is -0.870. The summed E-state index contributed by atoms with van der Waals surface area (Å²) in [5.41, 5.74) is 2.61. The molecule has 0 bridgehead atoms. The van der Waals surface area contributed by atoms with Crippen LogP contribution in [0.15, 0.2) is 6.07 Å². The molecule has 0 aliphatic carbocycles. The summed E-state index contributed by atoms with van der Waals surface area (Å²) >= 11 is 0. The van der Waals surface area contributed by atoms with Crippen LogP contribution in [0.5, 0.6) is 0 Å². The van der Waals surface area contributed by atoms with Gasteiger partial charge in [-0.15, -0.1) is 0 Å². The van der Waals surface area contributed by atoms with Crippen LogP contribution in [0.25, 0.3) is 0 Å². The topological polar surface area (TPSA) is 33.1 Å². The maximum Gasteiger partial charge on any atom is 0.0625 e. The Morgan fingerprint density at radius 3 is 2.90 bits per heavy atom. The first-order valence-electron chi connectivity index (χ1n) is 8.28. The van der Waals surface area contributed by atoms with Crippen LogP contribution in [0.1, 0.15) is 51.4 Å². The third-order valence-electron chi connectivity index (χ3n) is 4.25. The van der Waals surface area contributed by atoms with E-state index < -0.39 is 0 Å². The first-order valence-corrected chi connectivity index (χ1v) is 8.28. The molecule has 20 heavy (non-hydrogen) atoms. The van der Waals surface area contributed by atoms with Gasteiger partial charge < -0.3 is 5.32 Å². The van der Waals surface area contributed by atoms with E-state index in [1.165, 1.54) is 37.2 Å². The van der Waals surface area contributed by atoms with Gasteiger partial charge in [-0.2, -0.15) is 5.10 Å². The third kappa shape index (κ3) is 3.83. The van der Waals surface area contributed by atoms with Gasteiger partial charge in [0.1, 0.15) is 0 Å². The van der Waals surface area contributed by atoms with Crippen molar-refractivity contribution >= 4 is 0 Å². The lowest BCUT2D eigenvalue weighted by molar-refractivity contribution is 0.232. The minimum atomic E-state index is 0.701. The van der Waals surface area contributed by atoms with Crippen LogP contribution in [0.2, 0.25) is 0 Å². The van der Waals surface area contributed by atoms with Crippen molar-refractivity contribution in [2.45, 2.75) is 65.6 Å². The van der Waals surface area contributed by atoms with Crippen LogP contribution >= 0.6 is 0 Å². The summed E-state index contributed by atoms with van der Waals surface area (Å²) in [4.78, 5) is 2.63. The summed E-state index contributed by atoms with van der Waals surface area (Å²) in [6.07, 6.45) is 4.91. The molecule has 1 aromatic rings. The van der Waals surface area contributed by atoms with Gasteiger partial charge in [-0.3, -0.25) is 9.58 Å². The molecule has 1 aromatic heterocycles. The van der Waals surface area contributed by atoms with E-state index in [1.807, 2.05) is 0 Å². The van der Waals surface area contributed by atoms with E-state index in [-0.39, 0.29) is 0 Å². The summed E-state index contributed by atoms with van der Waals surface area (Å²) in [5, 5.41) is 8.24. The number of rotatable bonds is 8. The largest absolute Gasteiger partial charge is 0.315 e. The number of hydrogen-bond acceptors (Lipinski definition) is 3. The number of aryl methyl sites for hydroxylation is 2. The summed E-state index contributed by atoms with van der Waals surface area (Å²) in [5.74, 6) is 0. The Kier molecular flexibility index (Phi) is 6.05. The molecule has 1 aliphatic heterocycles. The van der Waals surface area contributed by atoms with Gasteiger partial charge in [0.05, 0.1) is 11.4 Å². The van der Waals surface area contributed by atoms with Gasteiger partial charge in [-0.1, -0.05) is 13.8 Å². The van der Waals surface area contributed by atoms with E-state index in [0.29, 0.717) is 6.04 Å². The molecule has 1 N–H and O–H groups in total. The second-order valence-electron chi connectivity index (χ2n) is 5.77. The molecule has 2 rings (SSSR count). The molecule has 1 fully saturated rings. The molecule has 0 aromatic carbocycles. The van der Waals surface area contributed by atoms with Crippen LogP contribution in [0.3, 0.4) is 0 Å². The highest BCUT2D eigenvalue weighted by molar-refractivity contribution is 5.11. The van der Waals surface area contributed by atoms with Crippen LogP contribution in [-0.2, 0) is 19.5 Å². The molecule has 4 heteroatoms. The van der Waals surface area contributed by atoms with Crippen molar-refractivity contribution in [1.82, 2.24) is 20.0 Å². The molecule has 0 saturated carbocycles. The number of nitrogens with zero attached hydrogens (tertiary/aromatic N) is 3. The summed E-state index contributed by atoms with van der Waals surface area (Å²) < 4.78 is 2.17. The van der Waals surface area contributed by atoms with E-state index in [9.17, 15) is 0 Å². The minimum absolute atomic E-state index is 0.701. The van der Waals surface area contributed by atoms with E-state index in [0.717, 1.165) is 32.6 Å². The summed E-state index contributed by atoms with van der Waals surface area (Å²) in [6, 6.07) is 2.99. The quantitative estimate of drug-likeness (QED) is 0.741. The summed E-state index contributed by atoms with van der Waals surface area (Å²) in [6.45, 7) is 12.1. The van der Waals surface area contributed by atoms with Gasteiger partial charge in [-0.25, -0.2) is 0 Å². The monoisotopic (exact) mass is 278 g/mol. The SMILES string of the molecule is CCCNCC1CCCN1Cc1cc(CC)nn1CC. The zero-order valence-corrected chi connectivity index (χ0v) is 13.4. The van der Waals surface area contributed by atoms with Gasteiger partial charge in [0.25, 0.3) is 0 Å².